The number of hydrogen-bond donors (Lipinski definition) is 2. The van der Waals surface area contributed by atoms with Crippen molar-refractivity contribution in [3.8, 4) is 5.75 Å². The molecule has 31 heavy (non-hydrogen) atoms. The predicted octanol–water partition coefficient (Wildman–Crippen LogP) is 4.96. The lowest BCUT2D eigenvalue weighted by Gasteiger charge is -2.33. The fourth-order valence-electron chi connectivity index (χ4n) is 3.42. The van der Waals surface area contributed by atoms with Crippen LogP contribution in [0.5, 0.6) is 5.75 Å². The summed E-state index contributed by atoms with van der Waals surface area (Å²) in [6.07, 6.45) is 2.04. The van der Waals surface area contributed by atoms with E-state index in [1.54, 1.807) is 29.2 Å². The molecular formula is C22H24Cl2FN3O3. The van der Waals surface area contributed by atoms with E-state index in [-0.39, 0.29) is 24.9 Å². The zero-order valence-corrected chi connectivity index (χ0v) is 18.4. The van der Waals surface area contributed by atoms with Gasteiger partial charge >= 0.3 is 6.03 Å². The Morgan fingerprint density at radius 3 is 2.77 bits per heavy atom. The molecular weight excluding hydrogens is 444 g/mol. The van der Waals surface area contributed by atoms with Crippen LogP contribution < -0.4 is 15.4 Å². The van der Waals surface area contributed by atoms with E-state index < -0.39 is 11.8 Å². The van der Waals surface area contributed by atoms with Crippen LogP contribution in [-0.4, -0.2) is 43.1 Å². The first-order chi connectivity index (χ1) is 14.9. The van der Waals surface area contributed by atoms with Gasteiger partial charge in [0.15, 0.2) is 0 Å². The molecule has 0 radical (unpaired) electrons. The van der Waals surface area contributed by atoms with E-state index >= 15 is 0 Å². The van der Waals surface area contributed by atoms with Crippen molar-refractivity contribution in [2.45, 2.75) is 19.3 Å². The summed E-state index contributed by atoms with van der Waals surface area (Å²) >= 11 is 11.8. The summed E-state index contributed by atoms with van der Waals surface area (Å²) in [6.45, 7) is 1.94. The lowest BCUT2D eigenvalue weighted by Crippen LogP contribution is -2.44. The number of carbonyl (C=O) groups is 2. The quantitative estimate of drug-likeness (QED) is 0.604. The molecule has 6 nitrogen and oxygen atoms in total. The number of piperidine rings is 1. The first kappa shape index (κ1) is 23.2. The molecule has 0 aliphatic carbocycles. The van der Waals surface area contributed by atoms with Crippen LogP contribution in [-0.2, 0) is 4.79 Å². The fourth-order valence-corrected chi connectivity index (χ4v) is 3.71. The maximum atomic E-state index is 13.2. The van der Waals surface area contributed by atoms with Crippen molar-refractivity contribution in [3.05, 3.63) is 58.3 Å². The fraction of sp³-hybridized carbons (Fsp3) is 0.364. The number of carbonyl (C=O) groups excluding carboxylic acids is 2. The number of hydrogen-bond acceptors (Lipinski definition) is 3. The average molecular weight is 468 g/mol. The molecule has 0 saturated carbocycles. The first-order valence-electron chi connectivity index (χ1n) is 10.1. The third-order valence-electron chi connectivity index (χ3n) is 4.98. The minimum Gasteiger partial charge on any atom is -0.493 e. The van der Waals surface area contributed by atoms with E-state index in [9.17, 15) is 14.0 Å². The molecule has 9 heteroatoms. The van der Waals surface area contributed by atoms with Crippen LogP contribution in [0, 0.1) is 11.7 Å². The van der Waals surface area contributed by atoms with Gasteiger partial charge in [-0.2, -0.15) is 0 Å². The van der Waals surface area contributed by atoms with E-state index in [1.807, 2.05) is 0 Å². The molecule has 0 bridgehead atoms. The summed E-state index contributed by atoms with van der Waals surface area (Å²) < 4.78 is 18.8. The van der Waals surface area contributed by atoms with Gasteiger partial charge in [-0.15, -0.1) is 0 Å². The van der Waals surface area contributed by atoms with Crippen LogP contribution in [0.3, 0.4) is 0 Å². The molecule has 0 aromatic heterocycles. The highest BCUT2D eigenvalue weighted by molar-refractivity contribution is 6.42. The van der Waals surface area contributed by atoms with Gasteiger partial charge in [0.1, 0.15) is 11.6 Å². The largest absolute Gasteiger partial charge is 0.493 e. The van der Waals surface area contributed by atoms with E-state index in [1.165, 1.54) is 18.2 Å². The SMILES string of the molecule is O=C(NCC1CCCN(C(=O)CCOc2ccc(Cl)c(Cl)c2)C1)Nc1cccc(F)c1. The molecule has 166 valence electrons. The van der Waals surface area contributed by atoms with Crippen molar-refractivity contribution >= 4 is 40.8 Å². The zero-order valence-electron chi connectivity index (χ0n) is 16.9. The molecule has 1 heterocycles. The molecule has 1 fully saturated rings. The number of anilines is 1. The minimum absolute atomic E-state index is 0.00831. The molecule has 2 N–H and O–H groups in total. The molecule has 3 amide bonds. The monoisotopic (exact) mass is 467 g/mol. The van der Waals surface area contributed by atoms with Crippen LogP contribution in [0.25, 0.3) is 0 Å². The van der Waals surface area contributed by atoms with Gasteiger partial charge < -0.3 is 20.3 Å². The number of nitrogens with one attached hydrogen (secondary N) is 2. The number of ether oxygens (including phenoxy) is 1. The Labute approximate surface area is 190 Å². The van der Waals surface area contributed by atoms with Crippen LogP contribution in [0.15, 0.2) is 42.5 Å². The van der Waals surface area contributed by atoms with Gasteiger partial charge in [0, 0.05) is 31.4 Å². The Hall–Kier alpha value is -2.51. The Kier molecular flexibility index (Phi) is 8.37. The lowest BCUT2D eigenvalue weighted by molar-refractivity contribution is -0.133. The molecule has 1 aliphatic rings. The number of nitrogens with zero attached hydrogens (tertiary/aromatic N) is 1. The molecule has 1 aliphatic heterocycles. The molecule has 3 rings (SSSR count). The molecule has 2 aromatic carbocycles. The van der Waals surface area contributed by atoms with Gasteiger partial charge in [0.05, 0.1) is 23.1 Å². The van der Waals surface area contributed by atoms with E-state index in [0.717, 1.165) is 12.8 Å². The van der Waals surface area contributed by atoms with Gasteiger partial charge in [-0.3, -0.25) is 4.79 Å². The van der Waals surface area contributed by atoms with Crippen LogP contribution in [0.1, 0.15) is 19.3 Å². The highest BCUT2D eigenvalue weighted by atomic mass is 35.5. The Balaban J connectivity index is 1.39. The molecule has 1 unspecified atom stereocenters. The Morgan fingerprint density at radius 1 is 1.16 bits per heavy atom. The van der Waals surface area contributed by atoms with Crippen molar-refractivity contribution in [2.24, 2.45) is 5.92 Å². The van der Waals surface area contributed by atoms with Gasteiger partial charge in [-0.25, -0.2) is 9.18 Å². The number of halogens is 3. The van der Waals surface area contributed by atoms with Gasteiger partial charge in [0.2, 0.25) is 5.91 Å². The molecule has 1 atom stereocenters. The third kappa shape index (κ3) is 7.29. The Bertz CT molecular complexity index is 929. The summed E-state index contributed by atoms with van der Waals surface area (Å²) in [5.74, 6) is 0.315. The Morgan fingerprint density at radius 2 is 2.00 bits per heavy atom. The number of benzene rings is 2. The minimum atomic E-state index is -0.414. The lowest BCUT2D eigenvalue weighted by atomic mass is 9.98. The summed E-state index contributed by atoms with van der Waals surface area (Å²) in [5.41, 5.74) is 0.389. The van der Waals surface area contributed by atoms with Crippen molar-refractivity contribution in [1.29, 1.82) is 0 Å². The van der Waals surface area contributed by atoms with E-state index in [0.29, 0.717) is 41.1 Å². The first-order valence-corrected chi connectivity index (χ1v) is 10.8. The van der Waals surface area contributed by atoms with Crippen molar-refractivity contribution < 1.29 is 18.7 Å². The van der Waals surface area contributed by atoms with Crippen LogP contribution >= 0.6 is 23.2 Å². The van der Waals surface area contributed by atoms with Gasteiger partial charge in [-0.1, -0.05) is 29.3 Å². The molecule has 2 aromatic rings. The van der Waals surface area contributed by atoms with E-state index in [4.69, 9.17) is 27.9 Å². The second kappa shape index (κ2) is 11.2. The summed E-state index contributed by atoms with van der Waals surface area (Å²) in [4.78, 5) is 26.4. The normalized spacial score (nSPS) is 16.0. The average Bonchev–Trinajstić information content (AvgIpc) is 2.75. The van der Waals surface area contributed by atoms with Crippen molar-refractivity contribution in [1.82, 2.24) is 10.2 Å². The summed E-state index contributed by atoms with van der Waals surface area (Å²) in [7, 11) is 0. The zero-order chi connectivity index (χ0) is 22.2. The highest BCUT2D eigenvalue weighted by Gasteiger charge is 2.24. The smallest absolute Gasteiger partial charge is 0.319 e. The topological polar surface area (TPSA) is 70.7 Å². The standard InChI is InChI=1S/C22H24Cl2FN3O3/c23-19-7-6-18(12-20(19)24)31-10-8-21(29)28-9-2-3-15(14-28)13-26-22(30)27-17-5-1-4-16(25)11-17/h1,4-7,11-12,15H,2-3,8-10,13-14H2,(H2,26,27,30). The number of rotatable bonds is 7. The number of urea groups is 1. The maximum absolute atomic E-state index is 13.2. The predicted molar refractivity (Wildman–Crippen MR) is 119 cm³/mol. The van der Waals surface area contributed by atoms with Gasteiger partial charge in [-0.05, 0) is 49.1 Å². The molecule has 0 spiro atoms. The van der Waals surface area contributed by atoms with Crippen LogP contribution in [0.4, 0.5) is 14.9 Å². The van der Waals surface area contributed by atoms with Crippen molar-refractivity contribution in [3.63, 3.8) is 0 Å². The second-order valence-electron chi connectivity index (χ2n) is 7.37. The van der Waals surface area contributed by atoms with Crippen LogP contribution in [0.2, 0.25) is 10.0 Å². The van der Waals surface area contributed by atoms with Gasteiger partial charge in [0.25, 0.3) is 0 Å². The third-order valence-corrected chi connectivity index (χ3v) is 5.72. The number of amides is 3. The summed E-state index contributed by atoms with van der Waals surface area (Å²) in [6, 6.07) is 10.3. The number of likely N-dealkylation sites (tertiary alicyclic amines) is 1. The maximum Gasteiger partial charge on any atom is 0.319 e. The summed E-state index contributed by atoms with van der Waals surface area (Å²) in [5, 5.41) is 6.25. The molecule has 1 saturated heterocycles. The van der Waals surface area contributed by atoms with E-state index in [2.05, 4.69) is 10.6 Å². The van der Waals surface area contributed by atoms with Crippen molar-refractivity contribution in [2.75, 3.05) is 31.6 Å². The second-order valence-corrected chi connectivity index (χ2v) is 8.18. The highest BCUT2D eigenvalue weighted by Crippen LogP contribution is 2.26.